The van der Waals surface area contributed by atoms with Gasteiger partial charge in [0.2, 0.25) is 0 Å². The molecular formula is C15H23BrN2. The lowest BCUT2D eigenvalue weighted by atomic mass is 9.84. The second-order valence-corrected chi connectivity index (χ2v) is 6.25. The largest absolute Gasteiger partial charge is 0.356 e. The molecule has 1 saturated carbocycles. The maximum absolute atomic E-state index is 4.53. The van der Waals surface area contributed by atoms with Gasteiger partial charge < -0.3 is 4.90 Å². The van der Waals surface area contributed by atoms with Crippen LogP contribution in [0.2, 0.25) is 0 Å². The number of aromatic nitrogens is 1. The van der Waals surface area contributed by atoms with Crippen molar-refractivity contribution < 1.29 is 0 Å². The van der Waals surface area contributed by atoms with Crippen LogP contribution in [0.15, 0.2) is 16.7 Å². The maximum atomic E-state index is 4.53. The number of rotatable bonds is 3. The molecule has 0 amide bonds. The number of hydrogen-bond acceptors (Lipinski definition) is 2. The SMILES string of the molecule is CCC1CCC(N(C)c2nccc(C)c2Br)CC1. The third-order valence-electron chi connectivity index (χ3n) is 4.34. The third-order valence-corrected chi connectivity index (χ3v) is 5.32. The van der Waals surface area contributed by atoms with Gasteiger partial charge >= 0.3 is 0 Å². The molecule has 2 nitrogen and oxygen atoms in total. The Kier molecular flexibility index (Phi) is 4.66. The zero-order valence-electron chi connectivity index (χ0n) is 11.6. The maximum Gasteiger partial charge on any atom is 0.143 e. The van der Waals surface area contributed by atoms with E-state index < -0.39 is 0 Å². The van der Waals surface area contributed by atoms with Crippen LogP contribution in [-0.2, 0) is 0 Å². The van der Waals surface area contributed by atoms with Crippen molar-refractivity contribution >= 4 is 21.7 Å². The fourth-order valence-corrected chi connectivity index (χ4v) is 3.40. The van der Waals surface area contributed by atoms with E-state index in [1.54, 1.807) is 0 Å². The van der Waals surface area contributed by atoms with Crippen LogP contribution in [0.3, 0.4) is 0 Å². The van der Waals surface area contributed by atoms with Crippen LogP contribution in [0.4, 0.5) is 5.82 Å². The normalized spacial score (nSPS) is 24.0. The van der Waals surface area contributed by atoms with Crippen LogP contribution >= 0.6 is 15.9 Å². The molecule has 100 valence electrons. The molecule has 0 aliphatic heterocycles. The van der Waals surface area contributed by atoms with E-state index in [0.29, 0.717) is 6.04 Å². The van der Waals surface area contributed by atoms with Crippen LogP contribution in [0.1, 0.15) is 44.6 Å². The molecule has 0 atom stereocenters. The first-order valence-electron chi connectivity index (χ1n) is 6.97. The van der Waals surface area contributed by atoms with Gasteiger partial charge in [0.05, 0.1) is 4.47 Å². The van der Waals surface area contributed by atoms with Gasteiger partial charge in [0.1, 0.15) is 5.82 Å². The van der Waals surface area contributed by atoms with E-state index in [0.717, 1.165) is 16.2 Å². The predicted octanol–water partition coefficient (Wildman–Crippen LogP) is 4.56. The van der Waals surface area contributed by atoms with Crippen molar-refractivity contribution in [3.63, 3.8) is 0 Å². The highest BCUT2D eigenvalue weighted by Gasteiger charge is 2.24. The van der Waals surface area contributed by atoms with E-state index in [4.69, 9.17) is 0 Å². The summed E-state index contributed by atoms with van der Waals surface area (Å²) in [6.07, 6.45) is 8.59. The van der Waals surface area contributed by atoms with Crippen molar-refractivity contribution in [3.05, 3.63) is 22.3 Å². The molecule has 18 heavy (non-hydrogen) atoms. The molecule has 0 spiro atoms. The number of anilines is 1. The van der Waals surface area contributed by atoms with Gasteiger partial charge in [-0.05, 0) is 66.1 Å². The first kappa shape index (κ1) is 13.9. The van der Waals surface area contributed by atoms with Gasteiger partial charge in [-0.25, -0.2) is 4.98 Å². The van der Waals surface area contributed by atoms with Gasteiger partial charge in [-0.1, -0.05) is 13.3 Å². The molecule has 0 unspecified atom stereocenters. The van der Waals surface area contributed by atoms with E-state index in [-0.39, 0.29) is 0 Å². The molecule has 1 heterocycles. The molecule has 1 aromatic rings. The minimum absolute atomic E-state index is 0.651. The second kappa shape index (κ2) is 6.05. The Labute approximate surface area is 119 Å². The summed E-state index contributed by atoms with van der Waals surface area (Å²) in [6, 6.07) is 2.70. The lowest BCUT2D eigenvalue weighted by Gasteiger charge is -2.35. The van der Waals surface area contributed by atoms with Gasteiger partial charge in [-0.2, -0.15) is 0 Å². The number of pyridine rings is 1. The van der Waals surface area contributed by atoms with Crippen molar-refractivity contribution in [3.8, 4) is 0 Å². The standard InChI is InChI=1S/C15H23BrN2/c1-4-12-5-7-13(8-6-12)18(3)15-14(16)11(2)9-10-17-15/h9-10,12-13H,4-8H2,1-3H3. The van der Waals surface area contributed by atoms with E-state index in [2.05, 4.69) is 52.8 Å². The molecular weight excluding hydrogens is 288 g/mol. The third kappa shape index (κ3) is 2.87. The fraction of sp³-hybridized carbons (Fsp3) is 0.667. The highest BCUT2D eigenvalue weighted by Crippen LogP contribution is 2.33. The summed E-state index contributed by atoms with van der Waals surface area (Å²) in [6.45, 7) is 4.44. The van der Waals surface area contributed by atoms with Crippen LogP contribution < -0.4 is 4.90 Å². The van der Waals surface area contributed by atoms with Gasteiger partial charge in [0, 0.05) is 19.3 Å². The molecule has 3 heteroatoms. The lowest BCUT2D eigenvalue weighted by molar-refractivity contribution is 0.313. The molecule has 0 aromatic carbocycles. The van der Waals surface area contributed by atoms with E-state index in [1.807, 2.05) is 6.20 Å². The highest BCUT2D eigenvalue weighted by molar-refractivity contribution is 9.10. The van der Waals surface area contributed by atoms with Gasteiger partial charge in [-0.3, -0.25) is 0 Å². The summed E-state index contributed by atoms with van der Waals surface area (Å²) >= 11 is 3.67. The zero-order valence-corrected chi connectivity index (χ0v) is 13.2. The van der Waals surface area contributed by atoms with Crippen molar-refractivity contribution in [2.24, 2.45) is 5.92 Å². The van der Waals surface area contributed by atoms with E-state index >= 15 is 0 Å². The van der Waals surface area contributed by atoms with Gasteiger partial charge in [-0.15, -0.1) is 0 Å². The molecule has 2 rings (SSSR count). The average molecular weight is 311 g/mol. The molecule has 0 bridgehead atoms. The van der Waals surface area contributed by atoms with Crippen molar-refractivity contribution in [2.75, 3.05) is 11.9 Å². The molecule has 1 aliphatic carbocycles. The Morgan fingerprint density at radius 1 is 1.33 bits per heavy atom. The minimum atomic E-state index is 0.651. The molecule has 1 aromatic heterocycles. The summed E-state index contributed by atoms with van der Waals surface area (Å²) in [7, 11) is 2.18. The number of aryl methyl sites for hydroxylation is 1. The Balaban J connectivity index is 2.08. The van der Waals surface area contributed by atoms with Crippen LogP contribution in [0.25, 0.3) is 0 Å². The first-order valence-corrected chi connectivity index (χ1v) is 7.76. The second-order valence-electron chi connectivity index (χ2n) is 5.46. The highest BCUT2D eigenvalue weighted by atomic mass is 79.9. The molecule has 0 saturated heterocycles. The lowest BCUT2D eigenvalue weighted by Crippen LogP contribution is -2.35. The minimum Gasteiger partial charge on any atom is -0.356 e. The number of hydrogen-bond donors (Lipinski definition) is 0. The van der Waals surface area contributed by atoms with Crippen molar-refractivity contribution in [1.29, 1.82) is 0 Å². The smallest absolute Gasteiger partial charge is 0.143 e. The van der Waals surface area contributed by atoms with Crippen LogP contribution in [0.5, 0.6) is 0 Å². The Morgan fingerprint density at radius 2 is 2.00 bits per heavy atom. The summed E-state index contributed by atoms with van der Waals surface area (Å²) in [5.74, 6) is 2.04. The number of nitrogens with zero attached hydrogens (tertiary/aromatic N) is 2. The van der Waals surface area contributed by atoms with E-state index in [9.17, 15) is 0 Å². The molecule has 0 radical (unpaired) electrons. The van der Waals surface area contributed by atoms with Crippen molar-refractivity contribution in [1.82, 2.24) is 4.98 Å². The van der Waals surface area contributed by atoms with Crippen LogP contribution in [0, 0.1) is 12.8 Å². The molecule has 0 N–H and O–H groups in total. The Morgan fingerprint density at radius 3 is 2.61 bits per heavy atom. The fourth-order valence-electron chi connectivity index (χ4n) is 2.89. The van der Waals surface area contributed by atoms with Gasteiger partial charge in [0.15, 0.2) is 0 Å². The quantitative estimate of drug-likeness (QED) is 0.813. The molecule has 1 aliphatic rings. The summed E-state index contributed by atoms with van der Waals surface area (Å²) in [5.41, 5.74) is 1.26. The van der Waals surface area contributed by atoms with Gasteiger partial charge in [0.25, 0.3) is 0 Å². The van der Waals surface area contributed by atoms with E-state index in [1.165, 1.54) is 37.7 Å². The van der Waals surface area contributed by atoms with Crippen LogP contribution in [-0.4, -0.2) is 18.1 Å². The summed E-state index contributed by atoms with van der Waals surface area (Å²) < 4.78 is 1.14. The molecule has 1 fully saturated rings. The Bertz CT molecular complexity index is 397. The summed E-state index contributed by atoms with van der Waals surface area (Å²) in [5, 5.41) is 0. The number of halogens is 1. The topological polar surface area (TPSA) is 16.1 Å². The summed E-state index contributed by atoms with van der Waals surface area (Å²) in [4.78, 5) is 6.90. The first-order chi connectivity index (χ1) is 8.63. The monoisotopic (exact) mass is 310 g/mol. The average Bonchev–Trinajstić information content (AvgIpc) is 2.41. The Hall–Kier alpha value is -0.570. The zero-order chi connectivity index (χ0) is 13.1. The predicted molar refractivity (Wildman–Crippen MR) is 81.1 cm³/mol. The van der Waals surface area contributed by atoms with Crippen molar-refractivity contribution in [2.45, 2.75) is 52.0 Å².